The molecule has 1 aliphatic heterocycles. The van der Waals surface area contributed by atoms with Crippen LogP contribution in [0.3, 0.4) is 0 Å². The molecule has 2 heterocycles. The van der Waals surface area contributed by atoms with E-state index in [0.717, 1.165) is 25.3 Å². The molecule has 2 unspecified atom stereocenters. The van der Waals surface area contributed by atoms with Gasteiger partial charge >= 0.3 is 0 Å². The topological polar surface area (TPSA) is 52.0 Å². The van der Waals surface area contributed by atoms with Gasteiger partial charge in [-0.2, -0.15) is 0 Å². The van der Waals surface area contributed by atoms with Gasteiger partial charge in [0.05, 0.1) is 23.5 Å². The van der Waals surface area contributed by atoms with Crippen LogP contribution in [0.2, 0.25) is 0 Å². The average molecular weight is 252 g/mol. The Labute approximate surface area is 109 Å². The molecule has 2 rings (SSSR count). The van der Waals surface area contributed by atoms with E-state index in [9.17, 15) is 0 Å². The number of nitrogens with one attached hydrogen (secondary N) is 1. The van der Waals surface area contributed by atoms with Crippen LogP contribution in [-0.4, -0.2) is 33.2 Å². The molecule has 0 aromatic carbocycles. The van der Waals surface area contributed by atoms with Crippen LogP contribution in [0.15, 0.2) is 6.20 Å². The summed E-state index contributed by atoms with van der Waals surface area (Å²) in [6.07, 6.45) is 3.30. The highest BCUT2D eigenvalue weighted by Gasteiger charge is 2.36. The molecular weight excluding hydrogens is 228 g/mol. The zero-order valence-electron chi connectivity index (χ0n) is 12.0. The van der Waals surface area contributed by atoms with Gasteiger partial charge in [0.1, 0.15) is 0 Å². The minimum atomic E-state index is -0.0150. The highest BCUT2D eigenvalue weighted by Crippen LogP contribution is 2.25. The van der Waals surface area contributed by atoms with E-state index in [1.54, 1.807) is 0 Å². The maximum absolute atomic E-state index is 5.61. The summed E-state index contributed by atoms with van der Waals surface area (Å²) in [7, 11) is 0. The molecule has 0 spiro atoms. The van der Waals surface area contributed by atoms with E-state index in [4.69, 9.17) is 4.74 Å². The number of hydrogen-bond acceptors (Lipinski definition) is 4. The van der Waals surface area contributed by atoms with E-state index < -0.39 is 0 Å². The Morgan fingerprint density at radius 2 is 2.28 bits per heavy atom. The molecule has 0 bridgehead atoms. The van der Waals surface area contributed by atoms with Crippen molar-refractivity contribution < 1.29 is 4.74 Å². The second kappa shape index (κ2) is 4.63. The van der Waals surface area contributed by atoms with E-state index in [-0.39, 0.29) is 17.2 Å². The molecule has 1 N–H and O–H groups in total. The van der Waals surface area contributed by atoms with Crippen molar-refractivity contribution in [1.82, 2.24) is 20.3 Å². The maximum atomic E-state index is 5.61. The molecule has 1 aromatic rings. The monoisotopic (exact) mass is 252 g/mol. The number of aromatic nitrogens is 3. The molecule has 2 atom stereocenters. The van der Waals surface area contributed by atoms with E-state index in [0.29, 0.717) is 0 Å². The van der Waals surface area contributed by atoms with Gasteiger partial charge in [-0.1, -0.05) is 5.21 Å². The lowest BCUT2D eigenvalue weighted by Gasteiger charge is -2.28. The van der Waals surface area contributed by atoms with Crippen LogP contribution in [0, 0.1) is 0 Å². The molecule has 5 heteroatoms. The van der Waals surface area contributed by atoms with Gasteiger partial charge in [0.25, 0.3) is 0 Å². The molecule has 0 saturated carbocycles. The van der Waals surface area contributed by atoms with Gasteiger partial charge in [0.2, 0.25) is 0 Å². The summed E-state index contributed by atoms with van der Waals surface area (Å²) < 4.78 is 7.52. The number of nitrogens with zero attached hydrogens (tertiary/aromatic N) is 3. The molecule has 102 valence electrons. The van der Waals surface area contributed by atoms with E-state index in [2.05, 4.69) is 50.2 Å². The highest BCUT2D eigenvalue weighted by atomic mass is 16.5. The van der Waals surface area contributed by atoms with Crippen LogP contribution >= 0.6 is 0 Å². The first-order valence-corrected chi connectivity index (χ1v) is 6.60. The fraction of sp³-hybridized carbons (Fsp3) is 0.846. The molecular formula is C13H24N4O. The molecule has 0 aliphatic carbocycles. The van der Waals surface area contributed by atoms with Crippen LogP contribution in [0.25, 0.3) is 0 Å². The number of rotatable bonds is 3. The Morgan fingerprint density at radius 1 is 1.56 bits per heavy atom. The van der Waals surface area contributed by atoms with Crippen molar-refractivity contribution in [3.63, 3.8) is 0 Å². The number of hydrogen-bond donors (Lipinski definition) is 1. The maximum Gasteiger partial charge on any atom is 0.0965 e. The number of ether oxygens (including phenoxy) is 1. The van der Waals surface area contributed by atoms with Crippen LogP contribution in [0.1, 0.15) is 46.7 Å². The van der Waals surface area contributed by atoms with Crippen molar-refractivity contribution in [1.29, 1.82) is 0 Å². The van der Waals surface area contributed by atoms with Gasteiger partial charge in [-0.25, -0.2) is 4.68 Å². The Hall–Kier alpha value is -0.940. The van der Waals surface area contributed by atoms with Gasteiger partial charge in [0, 0.05) is 18.7 Å². The minimum absolute atomic E-state index is 0.0150. The summed E-state index contributed by atoms with van der Waals surface area (Å²) in [5.41, 5.74) is 1.01. The van der Waals surface area contributed by atoms with Crippen molar-refractivity contribution >= 4 is 0 Å². The van der Waals surface area contributed by atoms with Gasteiger partial charge in [0.15, 0.2) is 0 Å². The fourth-order valence-electron chi connectivity index (χ4n) is 2.07. The van der Waals surface area contributed by atoms with Crippen LogP contribution in [-0.2, 0) is 16.8 Å². The first-order valence-electron chi connectivity index (χ1n) is 6.60. The Morgan fingerprint density at radius 3 is 2.78 bits per heavy atom. The van der Waals surface area contributed by atoms with Crippen LogP contribution in [0.4, 0.5) is 0 Å². The van der Waals surface area contributed by atoms with Crippen molar-refractivity contribution in [2.24, 2.45) is 0 Å². The van der Waals surface area contributed by atoms with Gasteiger partial charge in [-0.3, -0.25) is 0 Å². The third-order valence-corrected chi connectivity index (χ3v) is 3.79. The minimum Gasteiger partial charge on any atom is -0.377 e. The molecule has 5 nitrogen and oxygen atoms in total. The predicted molar refractivity (Wildman–Crippen MR) is 70.3 cm³/mol. The quantitative estimate of drug-likeness (QED) is 0.889. The zero-order chi connectivity index (χ0) is 13.4. The molecule has 0 amide bonds. The molecule has 1 fully saturated rings. The fourth-order valence-corrected chi connectivity index (χ4v) is 2.07. The zero-order valence-corrected chi connectivity index (χ0v) is 12.0. The average Bonchev–Trinajstić information content (AvgIpc) is 2.84. The van der Waals surface area contributed by atoms with Gasteiger partial charge in [-0.15, -0.1) is 5.10 Å². The van der Waals surface area contributed by atoms with Gasteiger partial charge < -0.3 is 10.1 Å². The second-order valence-corrected chi connectivity index (χ2v) is 6.36. The highest BCUT2D eigenvalue weighted by molar-refractivity contribution is 4.99. The summed E-state index contributed by atoms with van der Waals surface area (Å²) >= 11 is 0. The SMILES string of the molecule is CC1OCCC1(C)NCc1cn(C(C)(C)C)nn1. The lowest BCUT2D eigenvalue weighted by atomic mass is 9.95. The Balaban J connectivity index is 1.97. The molecule has 1 aromatic heterocycles. The smallest absolute Gasteiger partial charge is 0.0965 e. The summed E-state index contributed by atoms with van der Waals surface area (Å²) in [5, 5.41) is 11.9. The molecule has 1 saturated heterocycles. The predicted octanol–water partition coefficient (Wildman–Crippen LogP) is 1.69. The Kier molecular flexibility index (Phi) is 3.47. The lowest BCUT2D eigenvalue weighted by Crippen LogP contribution is -2.47. The van der Waals surface area contributed by atoms with E-state index >= 15 is 0 Å². The van der Waals surface area contributed by atoms with E-state index in [1.165, 1.54) is 0 Å². The van der Waals surface area contributed by atoms with Crippen LogP contribution < -0.4 is 5.32 Å². The summed E-state index contributed by atoms with van der Waals surface area (Å²) in [6.45, 7) is 12.2. The summed E-state index contributed by atoms with van der Waals surface area (Å²) in [6, 6.07) is 0. The van der Waals surface area contributed by atoms with Gasteiger partial charge in [-0.05, 0) is 41.0 Å². The first-order chi connectivity index (χ1) is 8.31. The molecule has 0 radical (unpaired) electrons. The standard InChI is InChI=1S/C13H24N4O/c1-10-13(5,6-7-18-10)14-8-11-9-17(16-15-11)12(2,3)4/h9-10,14H,6-8H2,1-5H3. The normalized spacial score (nSPS) is 28.8. The lowest BCUT2D eigenvalue weighted by molar-refractivity contribution is 0.0880. The first kappa shape index (κ1) is 13.5. The summed E-state index contributed by atoms with van der Waals surface area (Å²) in [4.78, 5) is 0. The van der Waals surface area contributed by atoms with Crippen molar-refractivity contribution in [3.05, 3.63) is 11.9 Å². The van der Waals surface area contributed by atoms with Crippen molar-refractivity contribution in [2.75, 3.05) is 6.61 Å². The van der Waals surface area contributed by atoms with Crippen LogP contribution in [0.5, 0.6) is 0 Å². The Bertz CT molecular complexity index is 409. The molecule has 1 aliphatic rings. The third kappa shape index (κ3) is 2.72. The molecule has 18 heavy (non-hydrogen) atoms. The second-order valence-electron chi connectivity index (χ2n) is 6.36. The van der Waals surface area contributed by atoms with E-state index in [1.807, 2.05) is 10.9 Å². The van der Waals surface area contributed by atoms with Crippen molar-refractivity contribution in [2.45, 2.75) is 64.8 Å². The summed E-state index contributed by atoms with van der Waals surface area (Å²) in [5.74, 6) is 0. The largest absolute Gasteiger partial charge is 0.377 e. The van der Waals surface area contributed by atoms with Crippen molar-refractivity contribution in [3.8, 4) is 0 Å². The third-order valence-electron chi connectivity index (χ3n) is 3.79.